The smallest absolute Gasteiger partial charge is 0.408 e. The van der Waals surface area contributed by atoms with Crippen molar-refractivity contribution in [2.45, 2.75) is 79.0 Å². The summed E-state index contributed by atoms with van der Waals surface area (Å²) in [6.45, 7) is 16.8. The minimum Gasteiger partial charge on any atom is -0.466 e. The first-order valence-corrected chi connectivity index (χ1v) is 12.7. The molecule has 0 spiro atoms. The van der Waals surface area contributed by atoms with E-state index in [0.29, 0.717) is 12.0 Å². The number of esters is 1. The Kier molecular flexibility index (Phi) is 12.9. The molecule has 1 rings (SSSR count). The summed E-state index contributed by atoms with van der Waals surface area (Å²) in [4.78, 5) is 53.1. The molecule has 0 heterocycles. The summed E-state index contributed by atoms with van der Waals surface area (Å²) in [5, 5.41) is 5.46. The summed E-state index contributed by atoms with van der Waals surface area (Å²) >= 11 is 0. The number of benzene rings is 1. The number of nitrogens with one attached hydrogen (secondary N) is 2. The van der Waals surface area contributed by atoms with Crippen LogP contribution in [0.1, 0.15) is 71.6 Å². The highest BCUT2D eigenvalue weighted by molar-refractivity contribution is 5.92. The van der Waals surface area contributed by atoms with E-state index in [1.807, 2.05) is 32.9 Å². The fourth-order valence-electron chi connectivity index (χ4n) is 3.60. The van der Waals surface area contributed by atoms with Crippen molar-refractivity contribution in [3.05, 3.63) is 48.0 Å². The highest BCUT2D eigenvalue weighted by atomic mass is 16.6. The summed E-state index contributed by atoms with van der Waals surface area (Å²) in [5.41, 5.74) is 0.850. The molecule has 206 valence electrons. The zero-order valence-electron chi connectivity index (χ0n) is 23.3. The quantitative estimate of drug-likeness (QED) is 0.301. The summed E-state index contributed by atoms with van der Waals surface area (Å²) in [5.74, 6) is -1.56. The van der Waals surface area contributed by atoms with Crippen LogP contribution in [-0.2, 0) is 23.9 Å². The first-order valence-electron chi connectivity index (χ1n) is 12.7. The van der Waals surface area contributed by atoms with E-state index in [-0.39, 0.29) is 32.0 Å². The van der Waals surface area contributed by atoms with Crippen LogP contribution < -0.4 is 10.6 Å². The maximum Gasteiger partial charge on any atom is 0.408 e. The molecule has 3 amide bonds. The number of rotatable bonds is 13. The number of amides is 3. The molecule has 3 unspecified atom stereocenters. The number of carbonyl (C=O) groups excluding carboxylic acids is 4. The van der Waals surface area contributed by atoms with Crippen molar-refractivity contribution in [2.75, 3.05) is 19.7 Å². The molecule has 0 aliphatic carbocycles. The van der Waals surface area contributed by atoms with E-state index in [2.05, 4.69) is 17.2 Å². The SMILES string of the molecule is C=CCN(C(=O)C(NC(=O)OC(C)(C)C)C(C)CC)C(C(=O)NCCC(=O)OCC)c1ccc(C)cc1. The molecule has 2 N–H and O–H groups in total. The Morgan fingerprint density at radius 1 is 1.11 bits per heavy atom. The van der Waals surface area contributed by atoms with Gasteiger partial charge < -0.3 is 25.0 Å². The van der Waals surface area contributed by atoms with Gasteiger partial charge >= 0.3 is 12.1 Å². The van der Waals surface area contributed by atoms with Crippen molar-refractivity contribution < 1.29 is 28.7 Å². The van der Waals surface area contributed by atoms with Gasteiger partial charge in [-0.1, -0.05) is 56.2 Å². The third-order valence-electron chi connectivity index (χ3n) is 5.65. The second kappa shape index (κ2) is 15.0. The molecular formula is C28H43N3O6. The van der Waals surface area contributed by atoms with E-state index < -0.39 is 41.6 Å². The van der Waals surface area contributed by atoms with E-state index in [4.69, 9.17) is 9.47 Å². The van der Waals surface area contributed by atoms with Crippen LogP contribution in [0.25, 0.3) is 0 Å². The maximum absolute atomic E-state index is 13.9. The summed E-state index contributed by atoms with van der Waals surface area (Å²) < 4.78 is 10.3. The van der Waals surface area contributed by atoms with E-state index in [0.717, 1.165) is 5.56 Å². The molecule has 37 heavy (non-hydrogen) atoms. The Morgan fingerprint density at radius 2 is 1.73 bits per heavy atom. The van der Waals surface area contributed by atoms with Gasteiger partial charge in [-0.2, -0.15) is 0 Å². The predicted octanol–water partition coefficient (Wildman–Crippen LogP) is 4.06. The van der Waals surface area contributed by atoms with Gasteiger partial charge in [0.05, 0.1) is 13.0 Å². The third kappa shape index (κ3) is 10.7. The van der Waals surface area contributed by atoms with Gasteiger partial charge in [-0.3, -0.25) is 14.4 Å². The van der Waals surface area contributed by atoms with Crippen molar-refractivity contribution in [3.63, 3.8) is 0 Å². The van der Waals surface area contributed by atoms with Gasteiger partial charge in [0.1, 0.15) is 17.7 Å². The normalized spacial score (nSPS) is 13.5. The molecule has 1 aromatic carbocycles. The first kappa shape index (κ1) is 31.7. The molecule has 0 aliphatic heterocycles. The molecule has 3 atom stereocenters. The highest BCUT2D eigenvalue weighted by Crippen LogP contribution is 2.25. The number of alkyl carbamates (subject to hydrolysis) is 1. The predicted molar refractivity (Wildman–Crippen MR) is 143 cm³/mol. The third-order valence-corrected chi connectivity index (χ3v) is 5.65. The van der Waals surface area contributed by atoms with Gasteiger partial charge in [0.25, 0.3) is 0 Å². The van der Waals surface area contributed by atoms with Gasteiger partial charge in [0.2, 0.25) is 11.8 Å². The van der Waals surface area contributed by atoms with Crippen molar-refractivity contribution >= 4 is 23.9 Å². The Hall–Kier alpha value is -3.36. The molecule has 0 radical (unpaired) electrons. The molecule has 9 nitrogen and oxygen atoms in total. The molecule has 0 fully saturated rings. The molecular weight excluding hydrogens is 474 g/mol. The van der Waals surface area contributed by atoms with Crippen LogP contribution in [0.3, 0.4) is 0 Å². The molecule has 1 aromatic rings. The Labute approximate surface area is 221 Å². The van der Waals surface area contributed by atoms with E-state index >= 15 is 0 Å². The van der Waals surface area contributed by atoms with Crippen LogP contribution in [0.2, 0.25) is 0 Å². The summed E-state index contributed by atoms with van der Waals surface area (Å²) in [7, 11) is 0. The largest absolute Gasteiger partial charge is 0.466 e. The van der Waals surface area contributed by atoms with Crippen molar-refractivity contribution in [1.29, 1.82) is 0 Å². The van der Waals surface area contributed by atoms with Crippen molar-refractivity contribution in [2.24, 2.45) is 5.92 Å². The van der Waals surface area contributed by atoms with Gasteiger partial charge in [-0.05, 0) is 46.1 Å². The highest BCUT2D eigenvalue weighted by Gasteiger charge is 2.37. The molecule has 0 aliphatic rings. The van der Waals surface area contributed by atoms with E-state index in [1.165, 1.54) is 11.0 Å². The van der Waals surface area contributed by atoms with E-state index in [9.17, 15) is 19.2 Å². The molecule has 0 bridgehead atoms. The van der Waals surface area contributed by atoms with Crippen molar-refractivity contribution in [1.82, 2.24) is 15.5 Å². The van der Waals surface area contributed by atoms with Gasteiger partial charge in [0, 0.05) is 13.1 Å². The lowest BCUT2D eigenvalue weighted by molar-refractivity contribution is -0.144. The number of ether oxygens (including phenoxy) is 2. The van der Waals surface area contributed by atoms with Gasteiger partial charge in [0.15, 0.2) is 0 Å². The number of hydrogen-bond donors (Lipinski definition) is 2. The van der Waals surface area contributed by atoms with E-state index in [1.54, 1.807) is 39.8 Å². The zero-order valence-corrected chi connectivity index (χ0v) is 23.3. The number of hydrogen-bond acceptors (Lipinski definition) is 6. The van der Waals surface area contributed by atoms with Crippen LogP contribution in [0.15, 0.2) is 36.9 Å². The van der Waals surface area contributed by atoms with Crippen LogP contribution in [-0.4, -0.2) is 60.1 Å². The Morgan fingerprint density at radius 3 is 2.24 bits per heavy atom. The van der Waals surface area contributed by atoms with Gasteiger partial charge in [-0.25, -0.2) is 4.79 Å². The van der Waals surface area contributed by atoms with Crippen LogP contribution >= 0.6 is 0 Å². The minimum atomic E-state index is -1.01. The fourth-order valence-corrected chi connectivity index (χ4v) is 3.60. The van der Waals surface area contributed by atoms with Crippen molar-refractivity contribution in [3.8, 4) is 0 Å². The maximum atomic E-state index is 13.9. The first-order chi connectivity index (χ1) is 17.3. The van der Waals surface area contributed by atoms with Gasteiger partial charge in [-0.15, -0.1) is 6.58 Å². The molecule has 0 aromatic heterocycles. The minimum absolute atomic E-state index is 0.00525. The average molecular weight is 518 g/mol. The monoisotopic (exact) mass is 517 g/mol. The summed E-state index contributed by atoms with van der Waals surface area (Å²) in [6.07, 6.45) is 1.43. The second-order valence-corrected chi connectivity index (χ2v) is 9.95. The fraction of sp³-hybridized carbons (Fsp3) is 0.571. The zero-order chi connectivity index (χ0) is 28.2. The second-order valence-electron chi connectivity index (χ2n) is 9.95. The number of carbonyl (C=O) groups is 4. The lowest BCUT2D eigenvalue weighted by Crippen LogP contribution is -2.55. The Bertz CT molecular complexity index is 923. The topological polar surface area (TPSA) is 114 Å². The standard InChI is InChI=1S/C28H43N3O6/c1-9-18-31(26(34)23(20(5)10-2)30-27(35)37-28(6,7)8)24(21-14-12-19(4)13-15-21)25(33)29-17-16-22(32)36-11-3/h9,12-15,20,23-24H,1,10-11,16-18H2,2-8H3,(H,29,33)(H,30,35). The van der Waals surface area contributed by atoms with Crippen LogP contribution in [0, 0.1) is 12.8 Å². The molecule has 9 heteroatoms. The lowest BCUT2D eigenvalue weighted by Gasteiger charge is -2.35. The number of nitrogens with zero attached hydrogens (tertiary/aromatic N) is 1. The van der Waals surface area contributed by atoms with Crippen LogP contribution in [0.5, 0.6) is 0 Å². The average Bonchev–Trinajstić information content (AvgIpc) is 2.81. The lowest BCUT2D eigenvalue weighted by atomic mass is 9.95. The number of aryl methyl sites for hydroxylation is 1. The molecule has 0 saturated carbocycles. The summed E-state index contributed by atoms with van der Waals surface area (Å²) in [6, 6.07) is 5.34. The van der Waals surface area contributed by atoms with Crippen LogP contribution in [0.4, 0.5) is 4.79 Å². The molecule has 0 saturated heterocycles. The Balaban J connectivity index is 3.36.